The summed E-state index contributed by atoms with van der Waals surface area (Å²) in [6.07, 6.45) is 3.69. The molecule has 6 rings (SSSR count). The molecule has 10 nitrogen and oxygen atoms in total. The van der Waals surface area contributed by atoms with Gasteiger partial charge in [-0.25, -0.2) is 5.01 Å². The van der Waals surface area contributed by atoms with Crippen molar-refractivity contribution < 1.29 is 41.5 Å². The van der Waals surface area contributed by atoms with E-state index in [1.165, 1.54) is 41.4 Å². The Morgan fingerprint density at radius 3 is 2.38 bits per heavy atom. The minimum absolute atomic E-state index is 0.0114. The number of benzene rings is 3. The molecule has 0 radical (unpaired) electrons. The summed E-state index contributed by atoms with van der Waals surface area (Å²) >= 11 is 0. The Morgan fingerprint density at radius 2 is 1.68 bits per heavy atom. The zero-order valence-electron chi connectivity index (χ0n) is 24.9. The van der Waals surface area contributed by atoms with E-state index in [1.807, 2.05) is 4.90 Å². The Morgan fingerprint density at radius 1 is 0.979 bits per heavy atom. The Hall–Kier alpha value is -4.98. The number of morpholine rings is 1. The number of hydrazone groups is 1. The number of allylic oxidation sites excluding steroid dienone is 1. The fraction of sp³-hybridized carbons (Fsp3) is 0.333. The number of carbonyl (C=O) groups excluding carboxylic acids is 1. The highest BCUT2D eigenvalue weighted by Crippen LogP contribution is 2.46. The van der Waals surface area contributed by atoms with Crippen LogP contribution >= 0.6 is 0 Å². The van der Waals surface area contributed by atoms with Crippen LogP contribution in [0.25, 0.3) is 6.08 Å². The van der Waals surface area contributed by atoms with Gasteiger partial charge in [0.15, 0.2) is 0 Å². The van der Waals surface area contributed by atoms with Gasteiger partial charge in [0.05, 0.1) is 29.9 Å². The van der Waals surface area contributed by atoms with Crippen LogP contribution < -0.4 is 14.4 Å². The molecule has 0 aromatic heterocycles. The van der Waals surface area contributed by atoms with Gasteiger partial charge >= 0.3 is 13.2 Å². The third kappa shape index (κ3) is 7.07. The van der Waals surface area contributed by atoms with Gasteiger partial charge in [-0.05, 0) is 78.4 Å². The summed E-state index contributed by atoms with van der Waals surface area (Å²) in [6, 6.07) is 15.8. The third-order valence-electron chi connectivity index (χ3n) is 8.33. The number of alkyl halides is 4. The predicted molar refractivity (Wildman–Crippen MR) is 164 cm³/mol. The number of rotatable bonds is 9. The van der Waals surface area contributed by atoms with Crippen molar-refractivity contribution in [3.8, 4) is 11.5 Å². The van der Waals surface area contributed by atoms with Gasteiger partial charge in [-0.3, -0.25) is 14.9 Å². The molecule has 3 aromatic carbocycles. The van der Waals surface area contributed by atoms with Gasteiger partial charge in [-0.15, -0.1) is 0 Å². The number of fused-ring (bicyclic) bond motifs is 1. The molecule has 14 heteroatoms. The molecule has 2 fully saturated rings. The van der Waals surface area contributed by atoms with E-state index in [2.05, 4.69) is 9.47 Å². The van der Waals surface area contributed by atoms with Crippen LogP contribution in [0.5, 0.6) is 11.5 Å². The fourth-order valence-electron chi connectivity index (χ4n) is 6.36. The van der Waals surface area contributed by atoms with Crippen molar-refractivity contribution in [1.82, 2.24) is 5.01 Å². The normalized spacial score (nSPS) is 20.4. The number of anilines is 1. The molecule has 0 spiro atoms. The van der Waals surface area contributed by atoms with Crippen LogP contribution in [0, 0.1) is 16.0 Å². The molecule has 246 valence electrons. The molecule has 2 atom stereocenters. The number of halogens is 4. The van der Waals surface area contributed by atoms with Gasteiger partial charge < -0.3 is 19.1 Å². The molecule has 2 aliphatic heterocycles. The van der Waals surface area contributed by atoms with Crippen molar-refractivity contribution in [2.24, 2.45) is 11.0 Å². The average Bonchev–Trinajstić information content (AvgIpc) is 3.45. The summed E-state index contributed by atoms with van der Waals surface area (Å²) < 4.78 is 66.5. The second kappa shape index (κ2) is 13.8. The van der Waals surface area contributed by atoms with Crippen molar-refractivity contribution >= 4 is 29.1 Å². The van der Waals surface area contributed by atoms with E-state index in [0.29, 0.717) is 68.1 Å². The molecule has 1 aliphatic carbocycles. The van der Waals surface area contributed by atoms with Crippen molar-refractivity contribution in [2.75, 3.05) is 31.2 Å². The number of nitro groups is 1. The van der Waals surface area contributed by atoms with Crippen LogP contribution in [-0.2, 0) is 4.74 Å². The maximum absolute atomic E-state index is 14.2. The summed E-state index contributed by atoms with van der Waals surface area (Å²) in [4.78, 5) is 27.6. The van der Waals surface area contributed by atoms with E-state index in [0.717, 1.165) is 5.57 Å². The molecular weight excluding hydrogens is 624 g/mol. The number of hydrogen-bond acceptors (Lipinski definition) is 8. The minimum atomic E-state index is -3.06. The Labute approximate surface area is 267 Å². The quantitative estimate of drug-likeness (QED) is 0.138. The first-order valence-electron chi connectivity index (χ1n) is 15.0. The lowest BCUT2D eigenvalue weighted by Gasteiger charge is -2.30. The highest BCUT2D eigenvalue weighted by molar-refractivity contribution is 6.09. The van der Waals surface area contributed by atoms with E-state index in [9.17, 15) is 32.5 Å². The Kier molecular flexibility index (Phi) is 9.38. The molecule has 1 saturated carbocycles. The van der Waals surface area contributed by atoms with Gasteiger partial charge in [-0.2, -0.15) is 22.7 Å². The summed E-state index contributed by atoms with van der Waals surface area (Å²) in [5.74, 6) is -1.07. The molecule has 1 saturated heterocycles. The molecule has 0 unspecified atom stereocenters. The summed E-state index contributed by atoms with van der Waals surface area (Å²) in [5, 5.41) is 18.2. The topological polar surface area (TPSA) is 107 Å². The maximum atomic E-state index is 14.2. The predicted octanol–water partition coefficient (Wildman–Crippen LogP) is 7.07. The highest BCUT2D eigenvalue weighted by atomic mass is 19.3. The first kappa shape index (κ1) is 32.0. The van der Waals surface area contributed by atoms with E-state index >= 15 is 0 Å². The zero-order valence-corrected chi connectivity index (χ0v) is 24.9. The third-order valence-corrected chi connectivity index (χ3v) is 8.33. The maximum Gasteiger partial charge on any atom is 0.387 e. The molecule has 0 N–H and O–H groups in total. The van der Waals surface area contributed by atoms with Crippen LogP contribution in [0.15, 0.2) is 77.4 Å². The lowest BCUT2D eigenvalue weighted by Crippen LogP contribution is -2.36. The van der Waals surface area contributed by atoms with E-state index in [-0.39, 0.29) is 28.7 Å². The van der Waals surface area contributed by atoms with Crippen molar-refractivity contribution in [2.45, 2.75) is 38.5 Å². The smallest absolute Gasteiger partial charge is 0.387 e. The summed E-state index contributed by atoms with van der Waals surface area (Å²) in [6.45, 7) is -4.29. The van der Waals surface area contributed by atoms with E-state index in [1.54, 1.807) is 36.4 Å². The Balaban J connectivity index is 1.40. The van der Waals surface area contributed by atoms with Gasteiger partial charge in [0.1, 0.15) is 17.2 Å². The number of nitrogens with zero attached hydrogens (tertiary/aromatic N) is 4. The number of nitro benzene ring substituents is 1. The monoisotopic (exact) mass is 654 g/mol. The van der Waals surface area contributed by atoms with Gasteiger partial charge in [0, 0.05) is 30.6 Å². The van der Waals surface area contributed by atoms with Crippen LogP contribution in [0.1, 0.15) is 46.8 Å². The molecule has 2 heterocycles. The molecule has 3 aliphatic rings. The summed E-state index contributed by atoms with van der Waals surface area (Å²) in [5.41, 5.74) is 2.59. The van der Waals surface area contributed by atoms with E-state index in [4.69, 9.17) is 9.84 Å². The van der Waals surface area contributed by atoms with Gasteiger partial charge in [-0.1, -0.05) is 24.3 Å². The highest BCUT2D eigenvalue weighted by Gasteiger charge is 2.44. The van der Waals surface area contributed by atoms with E-state index < -0.39 is 30.1 Å². The summed E-state index contributed by atoms with van der Waals surface area (Å²) in [7, 11) is 0. The molecular formula is C33H30F4N4O6. The number of hydrogen-bond donors (Lipinski definition) is 0. The van der Waals surface area contributed by atoms with Gasteiger partial charge in [0.2, 0.25) is 0 Å². The standard InChI is InChI=1S/C33H30F4N4O6/c34-32(35)46-24-7-1-4-20(17-24)16-21-5-3-9-26-29(21)38-40(30(26)22-6-2-8-25(18-22)47-33(36)37)31(42)23-10-11-27(28(19-23)41(43)44)39-12-14-45-15-13-39/h1-2,4,6-8,10-11,16-19,26,30,32-33H,3,5,9,12-15H2/b21-16+/t26-,30-/m0/s1. The molecule has 47 heavy (non-hydrogen) atoms. The number of ether oxygens (including phenoxy) is 3. The van der Waals surface area contributed by atoms with Crippen molar-refractivity contribution in [3.63, 3.8) is 0 Å². The van der Waals surface area contributed by atoms with Crippen LogP contribution in [-0.4, -0.2) is 61.1 Å². The second-order valence-corrected chi connectivity index (χ2v) is 11.2. The van der Waals surface area contributed by atoms with Crippen molar-refractivity contribution in [1.29, 1.82) is 0 Å². The first-order chi connectivity index (χ1) is 22.7. The van der Waals surface area contributed by atoms with Gasteiger partial charge in [0.25, 0.3) is 11.6 Å². The largest absolute Gasteiger partial charge is 0.435 e. The SMILES string of the molecule is O=C(c1ccc(N2CCOCC2)c([N+](=O)[O-])c1)N1N=C2/C(=C/c3cccc(OC(F)F)c3)CCC[C@@H]2[C@@H]1c1cccc(OC(F)F)c1. The fourth-order valence-corrected chi connectivity index (χ4v) is 6.36. The van der Waals surface area contributed by atoms with Crippen LogP contribution in [0.3, 0.4) is 0 Å². The van der Waals surface area contributed by atoms with Crippen LogP contribution in [0.2, 0.25) is 0 Å². The lowest BCUT2D eigenvalue weighted by atomic mass is 9.77. The number of amides is 1. The van der Waals surface area contributed by atoms with Crippen LogP contribution in [0.4, 0.5) is 28.9 Å². The zero-order chi connectivity index (χ0) is 33.1. The van der Waals surface area contributed by atoms with Crippen molar-refractivity contribution in [3.05, 3.63) is 99.1 Å². The first-order valence-corrected chi connectivity index (χ1v) is 15.0. The average molecular weight is 655 g/mol. The minimum Gasteiger partial charge on any atom is -0.435 e. The number of carbonyl (C=O) groups is 1. The molecule has 3 aromatic rings. The Bertz CT molecular complexity index is 1710. The molecule has 1 amide bonds. The molecule has 0 bridgehead atoms. The second-order valence-electron chi connectivity index (χ2n) is 11.2. The lowest BCUT2D eigenvalue weighted by molar-refractivity contribution is -0.384.